The van der Waals surface area contributed by atoms with Gasteiger partial charge in [0.1, 0.15) is 0 Å². The van der Waals surface area contributed by atoms with E-state index >= 15 is 0 Å². The molecule has 0 aromatic heterocycles. The first-order valence-corrected chi connectivity index (χ1v) is 7.19. The summed E-state index contributed by atoms with van der Waals surface area (Å²) in [7, 11) is 1.72. The van der Waals surface area contributed by atoms with Crippen LogP contribution in [-0.2, 0) is 9.47 Å². The summed E-state index contributed by atoms with van der Waals surface area (Å²) >= 11 is 0. The minimum absolute atomic E-state index is 0.797. The van der Waals surface area contributed by atoms with Crippen LogP contribution in [0.15, 0.2) is 0 Å². The zero-order valence-corrected chi connectivity index (χ0v) is 11.8. The van der Waals surface area contributed by atoms with Crippen molar-refractivity contribution in [1.82, 2.24) is 5.32 Å². The Kier molecular flexibility index (Phi) is 15.8. The van der Waals surface area contributed by atoms with Gasteiger partial charge in [0.25, 0.3) is 0 Å². The van der Waals surface area contributed by atoms with Crippen molar-refractivity contribution in [2.45, 2.75) is 51.9 Å². The predicted molar refractivity (Wildman–Crippen MR) is 73.6 cm³/mol. The summed E-state index contributed by atoms with van der Waals surface area (Å²) in [5, 5.41) is 3.41. The molecule has 0 unspecified atom stereocenters. The molecule has 0 saturated heterocycles. The van der Waals surface area contributed by atoms with Crippen LogP contribution in [0.5, 0.6) is 0 Å². The highest BCUT2D eigenvalue weighted by molar-refractivity contribution is 4.49. The lowest BCUT2D eigenvalue weighted by atomic mass is 10.1. The molecule has 0 rings (SSSR count). The molecule has 0 amide bonds. The van der Waals surface area contributed by atoms with Crippen molar-refractivity contribution in [3.8, 4) is 0 Å². The molecule has 1 N–H and O–H groups in total. The molecule has 0 radical (unpaired) electrons. The first kappa shape index (κ1) is 16.9. The van der Waals surface area contributed by atoms with E-state index in [9.17, 15) is 0 Å². The molecule has 17 heavy (non-hydrogen) atoms. The Morgan fingerprint density at radius 3 is 2.29 bits per heavy atom. The van der Waals surface area contributed by atoms with Gasteiger partial charge in [0.05, 0.1) is 6.61 Å². The quantitative estimate of drug-likeness (QED) is 0.477. The van der Waals surface area contributed by atoms with E-state index in [1.165, 1.54) is 38.5 Å². The Balaban J connectivity index is 2.85. The molecule has 0 aromatic carbocycles. The summed E-state index contributed by atoms with van der Waals surface area (Å²) in [6, 6.07) is 0. The minimum Gasteiger partial charge on any atom is -0.385 e. The summed E-state index contributed by atoms with van der Waals surface area (Å²) in [6.45, 7) is 6.79. The Labute approximate surface area is 107 Å². The summed E-state index contributed by atoms with van der Waals surface area (Å²) in [5.74, 6) is 0. The molecule has 0 atom stereocenters. The van der Waals surface area contributed by atoms with Crippen LogP contribution >= 0.6 is 0 Å². The summed E-state index contributed by atoms with van der Waals surface area (Å²) in [5.41, 5.74) is 0. The van der Waals surface area contributed by atoms with Crippen molar-refractivity contribution in [3.05, 3.63) is 0 Å². The van der Waals surface area contributed by atoms with Crippen LogP contribution in [0.4, 0.5) is 0 Å². The molecule has 0 aromatic rings. The van der Waals surface area contributed by atoms with Crippen LogP contribution in [0.3, 0.4) is 0 Å². The maximum Gasteiger partial charge on any atom is 0.0590 e. The maximum atomic E-state index is 5.45. The smallest absolute Gasteiger partial charge is 0.0590 e. The van der Waals surface area contributed by atoms with Gasteiger partial charge in [-0.05, 0) is 19.4 Å². The van der Waals surface area contributed by atoms with Crippen LogP contribution in [-0.4, -0.2) is 40.0 Å². The van der Waals surface area contributed by atoms with Crippen molar-refractivity contribution in [1.29, 1.82) is 0 Å². The van der Waals surface area contributed by atoms with Gasteiger partial charge in [-0.1, -0.05) is 39.0 Å². The predicted octanol–water partition coefficient (Wildman–Crippen LogP) is 2.99. The van der Waals surface area contributed by atoms with Crippen LogP contribution in [0, 0.1) is 0 Å². The lowest BCUT2D eigenvalue weighted by molar-refractivity contribution is 0.104. The second kappa shape index (κ2) is 15.9. The number of hydrogen-bond acceptors (Lipinski definition) is 3. The molecule has 104 valence electrons. The van der Waals surface area contributed by atoms with Gasteiger partial charge in [-0.15, -0.1) is 0 Å². The normalized spacial score (nSPS) is 10.9. The minimum atomic E-state index is 0.797. The zero-order valence-electron chi connectivity index (χ0n) is 11.8. The molecule has 0 aliphatic heterocycles. The second-order valence-electron chi connectivity index (χ2n) is 4.48. The third-order valence-corrected chi connectivity index (χ3v) is 2.77. The van der Waals surface area contributed by atoms with E-state index in [0.29, 0.717) is 0 Å². The van der Waals surface area contributed by atoms with E-state index in [4.69, 9.17) is 9.47 Å². The van der Waals surface area contributed by atoms with E-state index in [-0.39, 0.29) is 0 Å². The SMILES string of the molecule is CCCCCCCCNCCOCCCOC. The molecule has 0 aliphatic carbocycles. The molecule has 0 heterocycles. The molecule has 0 spiro atoms. The summed E-state index contributed by atoms with van der Waals surface area (Å²) in [6.07, 6.45) is 9.17. The van der Waals surface area contributed by atoms with E-state index in [1.54, 1.807) is 7.11 Å². The van der Waals surface area contributed by atoms with Gasteiger partial charge in [-0.2, -0.15) is 0 Å². The van der Waals surface area contributed by atoms with Crippen LogP contribution in [0.25, 0.3) is 0 Å². The molecule has 3 heteroatoms. The monoisotopic (exact) mass is 245 g/mol. The highest BCUT2D eigenvalue weighted by Crippen LogP contribution is 2.03. The first-order valence-electron chi connectivity index (χ1n) is 7.19. The van der Waals surface area contributed by atoms with Crippen molar-refractivity contribution in [2.75, 3.05) is 40.0 Å². The number of nitrogens with one attached hydrogen (secondary N) is 1. The summed E-state index contributed by atoms with van der Waals surface area (Å²) in [4.78, 5) is 0. The summed E-state index contributed by atoms with van der Waals surface area (Å²) < 4.78 is 10.4. The maximum absolute atomic E-state index is 5.45. The average molecular weight is 245 g/mol. The highest BCUT2D eigenvalue weighted by Gasteiger charge is 1.91. The number of unbranched alkanes of at least 4 members (excludes halogenated alkanes) is 5. The van der Waals surface area contributed by atoms with Crippen LogP contribution in [0.1, 0.15) is 51.9 Å². The largest absolute Gasteiger partial charge is 0.385 e. The number of ether oxygens (including phenoxy) is 2. The Bertz CT molecular complexity index is 117. The lowest BCUT2D eigenvalue weighted by Gasteiger charge is -2.06. The van der Waals surface area contributed by atoms with Gasteiger partial charge in [-0.3, -0.25) is 0 Å². The van der Waals surface area contributed by atoms with Crippen molar-refractivity contribution in [3.63, 3.8) is 0 Å². The number of rotatable bonds is 14. The van der Waals surface area contributed by atoms with Gasteiger partial charge in [0, 0.05) is 26.9 Å². The molecule has 0 aliphatic rings. The van der Waals surface area contributed by atoms with Gasteiger partial charge >= 0.3 is 0 Å². The van der Waals surface area contributed by atoms with Crippen LogP contribution in [0.2, 0.25) is 0 Å². The van der Waals surface area contributed by atoms with Gasteiger partial charge < -0.3 is 14.8 Å². The fourth-order valence-electron chi connectivity index (χ4n) is 1.71. The van der Waals surface area contributed by atoms with Gasteiger partial charge in [-0.25, -0.2) is 0 Å². The molecular formula is C14H31NO2. The Morgan fingerprint density at radius 1 is 0.765 bits per heavy atom. The highest BCUT2D eigenvalue weighted by atomic mass is 16.5. The van der Waals surface area contributed by atoms with Crippen molar-refractivity contribution < 1.29 is 9.47 Å². The Hall–Kier alpha value is -0.120. The third-order valence-electron chi connectivity index (χ3n) is 2.77. The standard InChI is InChI=1S/C14H31NO2/c1-3-4-5-6-7-8-10-15-11-14-17-13-9-12-16-2/h15H,3-14H2,1-2H3. The van der Waals surface area contributed by atoms with Gasteiger partial charge in [0.2, 0.25) is 0 Å². The number of methoxy groups -OCH3 is 1. The molecule has 0 saturated carbocycles. The molecule has 0 fully saturated rings. The molecular weight excluding hydrogens is 214 g/mol. The average Bonchev–Trinajstić information content (AvgIpc) is 2.35. The van der Waals surface area contributed by atoms with E-state index in [1.807, 2.05) is 0 Å². The fraction of sp³-hybridized carbons (Fsp3) is 1.00. The van der Waals surface area contributed by atoms with Crippen molar-refractivity contribution in [2.24, 2.45) is 0 Å². The Morgan fingerprint density at radius 2 is 1.53 bits per heavy atom. The molecule has 3 nitrogen and oxygen atoms in total. The number of hydrogen-bond donors (Lipinski definition) is 1. The van der Waals surface area contributed by atoms with E-state index in [2.05, 4.69) is 12.2 Å². The second-order valence-corrected chi connectivity index (χ2v) is 4.48. The van der Waals surface area contributed by atoms with Crippen molar-refractivity contribution >= 4 is 0 Å². The molecule has 0 bridgehead atoms. The fourth-order valence-corrected chi connectivity index (χ4v) is 1.71. The first-order chi connectivity index (χ1) is 8.41. The topological polar surface area (TPSA) is 30.5 Å². The zero-order chi connectivity index (χ0) is 12.6. The van der Waals surface area contributed by atoms with E-state index < -0.39 is 0 Å². The van der Waals surface area contributed by atoms with Gasteiger partial charge in [0.15, 0.2) is 0 Å². The van der Waals surface area contributed by atoms with E-state index in [0.717, 1.165) is 39.3 Å². The third kappa shape index (κ3) is 15.9. The van der Waals surface area contributed by atoms with Crippen LogP contribution < -0.4 is 5.32 Å². The lowest BCUT2D eigenvalue weighted by Crippen LogP contribution is -2.21.